The van der Waals surface area contributed by atoms with Gasteiger partial charge in [0.2, 0.25) is 0 Å². The second-order valence-electron chi connectivity index (χ2n) is 7.47. The molecule has 1 aliphatic heterocycles. The number of nitrogens with two attached hydrogens (primary N) is 1. The maximum atomic E-state index is 9.76. The van der Waals surface area contributed by atoms with E-state index < -0.39 is 6.23 Å². The average Bonchev–Trinajstić information content (AvgIpc) is 3.01. The van der Waals surface area contributed by atoms with E-state index in [1.807, 2.05) is 18.2 Å². The molecule has 0 spiro atoms. The lowest BCUT2D eigenvalue weighted by atomic mass is 9.93. The first-order valence-electron chi connectivity index (χ1n) is 7.94. The van der Waals surface area contributed by atoms with Gasteiger partial charge in [-0.2, -0.15) is 0 Å². The summed E-state index contributed by atoms with van der Waals surface area (Å²) in [5.41, 5.74) is 8.00. The molecule has 1 aromatic heterocycles. The summed E-state index contributed by atoms with van der Waals surface area (Å²) in [5, 5.41) is 9.76. The van der Waals surface area contributed by atoms with Gasteiger partial charge in [-0.1, -0.05) is 12.1 Å². The van der Waals surface area contributed by atoms with Crippen LogP contribution >= 0.6 is 0 Å². The molecule has 5 nitrogen and oxygen atoms in total. The molecule has 0 aliphatic carbocycles. The molecule has 2 atom stereocenters. The Hall–Kier alpha value is -1.43. The SMILES string of the molecule is CC(C)(C)N1CCC[C@]1(C)c1nc2c([C@H](N)O)cccc2[nH]1. The summed E-state index contributed by atoms with van der Waals surface area (Å²) in [6.45, 7) is 10.1. The third-order valence-corrected chi connectivity index (χ3v) is 4.82. The van der Waals surface area contributed by atoms with Crippen molar-refractivity contribution in [3.63, 3.8) is 0 Å². The lowest BCUT2D eigenvalue weighted by Crippen LogP contribution is -2.50. The Labute approximate surface area is 131 Å². The van der Waals surface area contributed by atoms with Crippen LogP contribution < -0.4 is 5.73 Å². The fourth-order valence-corrected chi connectivity index (χ4v) is 3.83. The topological polar surface area (TPSA) is 78.2 Å². The number of nitrogens with one attached hydrogen (secondary N) is 1. The largest absolute Gasteiger partial charge is 0.374 e. The van der Waals surface area contributed by atoms with Crippen LogP contribution in [0.25, 0.3) is 11.0 Å². The number of aliphatic hydroxyl groups excluding tert-OH is 1. The van der Waals surface area contributed by atoms with E-state index in [9.17, 15) is 5.11 Å². The Morgan fingerprint density at radius 2 is 2.14 bits per heavy atom. The molecule has 1 aromatic carbocycles. The molecule has 1 saturated heterocycles. The lowest BCUT2D eigenvalue weighted by molar-refractivity contribution is 0.0481. The normalized spacial score (nSPS) is 25.0. The molecule has 0 bridgehead atoms. The molecular formula is C17H26N4O. The number of hydrogen-bond donors (Lipinski definition) is 3. The Morgan fingerprint density at radius 1 is 1.41 bits per heavy atom. The van der Waals surface area contributed by atoms with Crippen molar-refractivity contribution in [2.24, 2.45) is 5.73 Å². The molecule has 5 heteroatoms. The average molecular weight is 302 g/mol. The number of para-hydroxylation sites is 1. The minimum Gasteiger partial charge on any atom is -0.374 e. The second-order valence-corrected chi connectivity index (χ2v) is 7.47. The van der Waals surface area contributed by atoms with E-state index in [2.05, 4.69) is 37.6 Å². The van der Waals surface area contributed by atoms with Crippen LogP contribution in [0.4, 0.5) is 0 Å². The van der Waals surface area contributed by atoms with Crippen LogP contribution in [-0.4, -0.2) is 32.1 Å². The number of aromatic nitrogens is 2. The van der Waals surface area contributed by atoms with Crippen molar-refractivity contribution in [3.8, 4) is 0 Å². The number of rotatable bonds is 2. The number of benzene rings is 1. The number of aromatic amines is 1. The maximum Gasteiger partial charge on any atom is 0.130 e. The van der Waals surface area contributed by atoms with E-state index in [4.69, 9.17) is 10.7 Å². The number of hydrogen-bond acceptors (Lipinski definition) is 4. The van der Waals surface area contributed by atoms with Crippen LogP contribution in [0.5, 0.6) is 0 Å². The minimum absolute atomic E-state index is 0.0838. The summed E-state index contributed by atoms with van der Waals surface area (Å²) < 4.78 is 0. The second kappa shape index (κ2) is 5.05. The van der Waals surface area contributed by atoms with Gasteiger partial charge in [-0.25, -0.2) is 4.98 Å². The van der Waals surface area contributed by atoms with Gasteiger partial charge in [0.05, 0.1) is 16.6 Å². The Bertz CT molecular complexity index is 686. The molecule has 0 saturated carbocycles. The summed E-state index contributed by atoms with van der Waals surface area (Å²) in [4.78, 5) is 10.8. The monoisotopic (exact) mass is 302 g/mol. The zero-order chi connectivity index (χ0) is 16.1. The van der Waals surface area contributed by atoms with Gasteiger partial charge in [0, 0.05) is 11.1 Å². The molecule has 0 radical (unpaired) electrons. The van der Waals surface area contributed by atoms with Crippen LogP contribution in [0, 0.1) is 0 Å². The number of H-pyrrole nitrogens is 1. The standard InChI is InChI=1S/C17H26N4O/c1-16(2,3)21-10-6-9-17(21,4)15-19-12-8-5-7-11(14(18)22)13(12)20-15/h5,7-8,14,22H,6,9-10,18H2,1-4H3,(H,19,20)/t14-,17-/m1/s1. The van der Waals surface area contributed by atoms with Gasteiger partial charge >= 0.3 is 0 Å². The number of fused-ring (bicyclic) bond motifs is 1. The van der Waals surface area contributed by atoms with Crippen LogP contribution in [0.15, 0.2) is 18.2 Å². The molecule has 2 aromatic rings. The van der Waals surface area contributed by atoms with E-state index in [1.54, 1.807) is 0 Å². The molecule has 0 unspecified atom stereocenters. The summed E-state index contributed by atoms with van der Waals surface area (Å²) in [5.74, 6) is 0.961. The number of nitrogens with zero attached hydrogens (tertiary/aromatic N) is 2. The van der Waals surface area contributed by atoms with Crippen molar-refractivity contribution in [2.45, 2.75) is 57.8 Å². The van der Waals surface area contributed by atoms with Crippen molar-refractivity contribution in [1.82, 2.24) is 14.9 Å². The highest BCUT2D eigenvalue weighted by molar-refractivity contribution is 5.79. The highest BCUT2D eigenvalue weighted by Crippen LogP contribution is 2.42. The zero-order valence-corrected chi connectivity index (χ0v) is 13.8. The first kappa shape index (κ1) is 15.5. The van der Waals surface area contributed by atoms with E-state index in [0.29, 0.717) is 5.56 Å². The van der Waals surface area contributed by atoms with Gasteiger partial charge in [0.25, 0.3) is 0 Å². The Balaban J connectivity index is 2.12. The quantitative estimate of drug-likeness (QED) is 0.745. The minimum atomic E-state index is -1.00. The van der Waals surface area contributed by atoms with E-state index >= 15 is 0 Å². The maximum absolute atomic E-state index is 9.76. The Kier molecular flexibility index (Phi) is 3.55. The van der Waals surface area contributed by atoms with E-state index in [0.717, 1.165) is 36.2 Å². The molecule has 1 fully saturated rings. The van der Waals surface area contributed by atoms with E-state index in [-0.39, 0.29) is 11.1 Å². The highest BCUT2D eigenvalue weighted by Gasteiger charge is 2.45. The Morgan fingerprint density at radius 3 is 2.77 bits per heavy atom. The predicted octanol–water partition coefficient (Wildman–Crippen LogP) is 2.62. The molecule has 120 valence electrons. The fourth-order valence-electron chi connectivity index (χ4n) is 3.83. The van der Waals surface area contributed by atoms with Gasteiger partial charge in [0.1, 0.15) is 12.1 Å². The van der Waals surface area contributed by atoms with Crippen molar-refractivity contribution in [1.29, 1.82) is 0 Å². The molecule has 1 aliphatic rings. The van der Waals surface area contributed by atoms with Gasteiger partial charge < -0.3 is 15.8 Å². The van der Waals surface area contributed by atoms with Gasteiger partial charge in [-0.15, -0.1) is 0 Å². The van der Waals surface area contributed by atoms with Crippen LogP contribution in [0.1, 0.15) is 58.2 Å². The molecular weight excluding hydrogens is 276 g/mol. The third-order valence-electron chi connectivity index (χ3n) is 4.82. The molecule has 2 heterocycles. The van der Waals surface area contributed by atoms with Crippen molar-refractivity contribution >= 4 is 11.0 Å². The molecule has 4 N–H and O–H groups in total. The smallest absolute Gasteiger partial charge is 0.130 e. The lowest BCUT2D eigenvalue weighted by Gasteiger charge is -2.43. The third kappa shape index (κ3) is 2.33. The van der Waals surface area contributed by atoms with Crippen LogP contribution in [0.2, 0.25) is 0 Å². The van der Waals surface area contributed by atoms with Gasteiger partial charge in [-0.3, -0.25) is 4.90 Å². The highest BCUT2D eigenvalue weighted by atomic mass is 16.3. The van der Waals surface area contributed by atoms with E-state index in [1.165, 1.54) is 0 Å². The summed E-state index contributed by atoms with van der Waals surface area (Å²) in [6.07, 6.45) is 1.23. The number of aliphatic hydroxyl groups is 1. The zero-order valence-electron chi connectivity index (χ0n) is 13.8. The summed E-state index contributed by atoms with van der Waals surface area (Å²) in [6, 6.07) is 5.71. The molecule has 0 amide bonds. The predicted molar refractivity (Wildman–Crippen MR) is 88.3 cm³/mol. The number of likely N-dealkylation sites (tertiary alicyclic amines) is 1. The first-order valence-corrected chi connectivity index (χ1v) is 7.94. The van der Waals surface area contributed by atoms with Gasteiger partial charge in [0.15, 0.2) is 0 Å². The molecule has 3 rings (SSSR count). The fraction of sp³-hybridized carbons (Fsp3) is 0.588. The van der Waals surface area contributed by atoms with Crippen LogP contribution in [-0.2, 0) is 5.54 Å². The van der Waals surface area contributed by atoms with Crippen molar-refractivity contribution < 1.29 is 5.11 Å². The first-order chi connectivity index (χ1) is 10.2. The van der Waals surface area contributed by atoms with Gasteiger partial charge in [-0.05, 0) is 53.1 Å². The van der Waals surface area contributed by atoms with Crippen molar-refractivity contribution in [2.75, 3.05) is 6.54 Å². The van der Waals surface area contributed by atoms with Crippen molar-refractivity contribution in [3.05, 3.63) is 29.6 Å². The summed E-state index contributed by atoms with van der Waals surface area (Å²) in [7, 11) is 0. The van der Waals surface area contributed by atoms with Crippen LogP contribution in [0.3, 0.4) is 0 Å². The number of imidazole rings is 1. The summed E-state index contributed by atoms with van der Waals surface area (Å²) >= 11 is 0. The molecule has 22 heavy (non-hydrogen) atoms.